The van der Waals surface area contributed by atoms with Gasteiger partial charge in [-0.2, -0.15) is 5.10 Å². The highest BCUT2D eigenvalue weighted by Crippen LogP contribution is 2.09. The van der Waals surface area contributed by atoms with Crippen molar-refractivity contribution in [2.45, 2.75) is 20.3 Å². The Morgan fingerprint density at radius 2 is 2.16 bits per heavy atom. The molecule has 0 radical (unpaired) electrons. The number of aryl methyl sites for hydroxylation is 2. The third-order valence-corrected chi connectivity index (χ3v) is 3.47. The van der Waals surface area contributed by atoms with Crippen molar-refractivity contribution in [2.24, 2.45) is 0 Å². The Labute approximate surface area is 113 Å². The van der Waals surface area contributed by atoms with Crippen molar-refractivity contribution in [3.05, 3.63) is 17.0 Å². The van der Waals surface area contributed by atoms with Gasteiger partial charge in [-0.3, -0.25) is 14.8 Å². The van der Waals surface area contributed by atoms with E-state index in [4.69, 9.17) is 4.74 Å². The highest BCUT2D eigenvalue weighted by atomic mass is 16.5. The summed E-state index contributed by atoms with van der Waals surface area (Å²) < 4.78 is 5.28. The van der Waals surface area contributed by atoms with Gasteiger partial charge in [0.2, 0.25) is 5.91 Å². The summed E-state index contributed by atoms with van der Waals surface area (Å²) >= 11 is 0. The Kier molecular flexibility index (Phi) is 4.93. The van der Waals surface area contributed by atoms with Crippen molar-refractivity contribution < 1.29 is 9.53 Å². The number of nitrogens with one attached hydrogen (secondary N) is 2. The second-order valence-corrected chi connectivity index (χ2v) is 4.89. The average molecular weight is 266 g/mol. The van der Waals surface area contributed by atoms with Gasteiger partial charge < -0.3 is 10.1 Å². The van der Waals surface area contributed by atoms with E-state index in [2.05, 4.69) is 20.4 Å². The Morgan fingerprint density at radius 3 is 2.79 bits per heavy atom. The van der Waals surface area contributed by atoms with E-state index < -0.39 is 0 Å². The van der Waals surface area contributed by atoms with Crippen LogP contribution in [0, 0.1) is 13.8 Å². The van der Waals surface area contributed by atoms with E-state index in [0.29, 0.717) is 13.0 Å². The van der Waals surface area contributed by atoms with Crippen LogP contribution >= 0.6 is 0 Å². The van der Waals surface area contributed by atoms with Gasteiger partial charge in [-0.25, -0.2) is 0 Å². The molecule has 0 atom stereocenters. The Balaban J connectivity index is 1.70. The molecular weight excluding hydrogens is 244 g/mol. The molecule has 0 unspecified atom stereocenters. The lowest BCUT2D eigenvalue weighted by Crippen LogP contribution is -2.41. The number of carbonyl (C=O) groups excluding carboxylic acids is 1. The van der Waals surface area contributed by atoms with Crippen LogP contribution in [0.5, 0.6) is 0 Å². The van der Waals surface area contributed by atoms with E-state index >= 15 is 0 Å². The molecule has 0 bridgehead atoms. The van der Waals surface area contributed by atoms with E-state index in [9.17, 15) is 4.79 Å². The van der Waals surface area contributed by atoms with Gasteiger partial charge in [-0.1, -0.05) is 0 Å². The van der Waals surface area contributed by atoms with E-state index in [1.165, 1.54) is 0 Å². The first kappa shape index (κ1) is 14.0. The SMILES string of the molecule is Cc1n[nH]c(C)c1CC(=O)NCCN1CCOCC1. The first-order valence-corrected chi connectivity index (χ1v) is 6.74. The molecule has 6 heteroatoms. The van der Waals surface area contributed by atoms with Gasteiger partial charge in [0.15, 0.2) is 0 Å². The maximum absolute atomic E-state index is 11.9. The van der Waals surface area contributed by atoms with Crippen molar-refractivity contribution in [3.63, 3.8) is 0 Å². The minimum atomic E-state index is 0.0564. The van der Waals surface area contributed by atoms with Crippen LogP contribution < -0.4 is 5.32 Å². The number of aromatic amines is 1. The van der Waals surface area contributed by atoms with Gasteiger partial charge in [-0.05, 0) is 13.8 Å². The van der Waals surface area contributed by atoms with Gasteiger partial charge >= 0.3 is 0 Å². The molecule has 0 aromatic carbocycles. The fraction of sp³-hybridized carbons (Fsp3) is 0.692. The van der Waals surface area contributed by atoms with Crippen molar-refractivity contribution >= 4 is 5.91 Å². The van der Waals surface area contributed by atoms with Crippen LogP contribution in [0.3, 0.4) is 0 Å². The molecule has 2 N–H and O–H groups in total. The molecule has 1 fully saturated rings. The molecule has 0 spiro atoms. The fourth-order valence-electron chi connectivity index (χ4n) is 2.24. The highest BCUT2D eigenvalue weighted by molar-refractivity contribution is 5.79. The zero-order chi connectivity index (χ0) is 13.7. The summed E-state index contributed by atoms with van der Waals surface area (Å²) in [5.74, 6) is 0.0564. The van der Waals surface area contributed by atoms with Gasteiger partial charge in [0.25, 0.3) is 0 Å². The third kappa shape index (κ3) is 4.04. The molecule has 0 aliphatic carbocycles. The number of aromatic nitrogens is 2. The molecule has 1 aromatic rings. The molecule has 19 heavy (non-hydrogen) atoms. The number of morpholine rings is 1. The normalized spacial score (nSPS) is 16.5. The van der Waals surface area contributed by atoms with Gasteiger partial charge in [0, 0.05) is 37.4 Å². The quantitative estimate of drug-likeness (QED) is 0.788. The van der Waals surface area contributed by atoms with Crippen LogP contribution in [0.2, 0.25) is 0 Å². The van der Waals surface area contributed by atoms with E-state index in [1.807, 2.05) is 13.8 Å². The zero-order valence-electron chi connectivity index (χ0n) is 11.7. The van der Waals surface area contributed by atoms with Crippen LogP contribution in [-0.2, 0) is 16.0 Å². The summed E-state index contributed by atoms with van der Waals surface area (Å²) in [5.41, 5.74) is 2.88. The largest absolute Gasteiger partial charge is 0.379 e. The van der Waals surface area contributed by atoms with Gasteiger partial charge in [-0.15, -0.1) is 0 Å². The lowest BCUT2D eigenvalue weighted by atomic mass is 10.1. The number of amides is 1. The number of ether oxygens (including phenoxy) is 1. The summed E-state index contributed by atoms with van der Waals surface area (Å²) in [7, 11) is 0. The minimum absolute atomic E-state index is 0.0564. The van der Waals surface area contributed by atoms with Crippen molar-refractivity contribution in [3.8, 4) is 0 Å². The van der Waals surface area contributed by atoms with E-state index in [0.717, 1.165) is 49.8 Å². The number of rotatable bonds is 5. The maximum Gasteiger partial charge on any atom is 0.224 e. The summed E-state index contributed by atoms with van der Waals surface area (Å²) in [6, 6.07) is 0. The number of carbonyl (C=O) groups is 1. The smallest absolute Gasteiger partial charge is 0.224 e. The summed E-state index contributed by atoms with van der Waals surface area (Å²) in [5, 5.41) is 9.95. The molecule has 106 valence electrons. The van der Waals surface area contributed by atoms with Crippen LogP contribution in [-0.4, -0.2) is 60.4 Å². The van der Waals surface area contributed by atoms with Crippen LogP contribution in [0.25, 0.3) is 0 Å². The summed E-state index contributed by atoms with van der Waals surface area (Å²) in [6.45, 7) is 8.93. The molecule has 2 rings (SSSR count). The third-order valence-electron chi connectivity index (χ3n) is 3.47. The monoisotopic (exact) mass is 266 g/mol. The van der Waals surface area contributed by atoms with Crippen molar-refractivity contribution in [2.75, 3.05) is 39.4 Å². The number of nitrogens with zero attached hydrogens (tertiary/aromatic N) is 2. The first-order valence-electron chi connectivity index (χ1n) is 6.74. The molecule has 0 saturated carbocycles. The number of H-pyrrole nitrogens is 1. The highest BCUT2D eigenvalue weighted by Gasteiger charge is 2.12. The minimum Gasteiger partial charge on any atom is -0.379 e. The van der Waals surface area contributed by atoms with Crippen LogP contribution in [0.1, 0.15) is 17.0 Å². The Hall–Kier alpha value is -1.40. The molecule has 1 amide bonds. The Morgan fingerprint density at radius 1 is 1.42 bits per heavy atom. The van der Waals surface area contributed by atoms with Crippen LogP contribution in [0.15, 0.2) is 0 Å². The van der Waals surface area contributed by atoms with Crippen molar-refractivity contribution in [1.82, 2.24) is 20.4 Å². The second kappa shape index (κ2) is 6.68. The molecule has 1 saturated heterocycles. The van der Waals surface area contributed by atoms with E-state index in [1.54, 1.807) is 0 Å². The molecule has 6 nitrogen and oxygen atoms in total. The lowest BCUT2D eigenvalue weighted by Gasteiger charge is -2.26. The zero-order valence-corrected chi connectivity index (χ0v) is 11.7. The second-order valence-electron chi connectivity index (χ2n) is 4.89. The van der Waals surface area contributed by atoms with Crippen molar-refractivity contribution in [1.29, 1.82) is 0 Å². The molecule has 1 aliphatic rings. The standard InChI is InChI=1S/C13H22N4O2/c1-10-12(11(2)16-15-10)9-13(18)14-3-4-17-5-7-19-8-6-17/h3-9H2,1-2H3,(H,14,18)(H,15,16). The lowest BCUT2D eigenvalue weighted by molar-refractivity contribution is -0.120. The topological polar surface area (TPSA) is 70.2 Å². The maximum atomic E-state index is 11.9. The number of hydrogen-bond donors (Lipinski definition) is 2. The summed E-state index contributed by atoms with van der Waals surface area (Å²) in [4.78, 5) is 14.2. The Bertz CT molecular complexity index is 405. The first-order chi connectivity index (χ1) is 9.16. The van der Waals surface area contributed by atoms with Crippen LogP contribution in [0.4, 0.5) is 0 Å². The number of hydrogen-bond acceptors (Lipinski definition) is 4. The van der Waals surface area contributed by atoms with E-state index in [-0.39, 0.29) is 5.91 Å². The molecule has 1 aliphatic heterocycles. The van der Waals surface area contributed by atoms with Gasteiger partial charge in [0.05, 0.1) is 25.3 Å². The predicted octanol–water partition coefficient (Wildman–Crippen LogP) is 0.0174. The molecular formula is C13H22N4O2. The fourth-order valence-corrected chi connectivity index (χ4v) is 2.24. The molecule has 1 aromatic heterocycles. The summed E-state index contributed by atoms with van der Waals surface area (Å²) in [6.07, 6.45) is 0.400. The van der Waals surface area contributed by atoms with Gasteiger partial charge in [0.1, 0.15) is 0 Å². The average Bonchev–Trinajstić information content (AvgIpc) is 2.72. The molecule has 2 heterocycles. The predicted molar refractivity (Wildman–Crippen MR) is 72.0 cm³/mol.